The number of anilines is 2. The van der Waals surface area contributed by atoms with Crippen LogP contribution in [-0.2, 0) is 0 Å². The van der Waals surface area contributed by atoms with E-state index in [1.807, 2.05) is 37.3 Å². The van der Waals surface area contributed by atoms with Crippen LogP contribution in [-0.4, -0.2) is 48.2 Å². The summed E-state index contributed by atoms with van der Waals surface area (Å²) in [4.78, 5) is 9.89. The second-order valence-electron chi connectivity index (χ2n) is 8.75. The van der Waals surface area contributed by atoms with Gasteiger partial charge in [-0.25, -0.2) is 4.39 Å². The van der Waals surface area contributed by atoms with E-state index in [0.717, 1.165) is 40.6 Å². The molecule has 2 aromatic heterocycles. The number of hydrogen-bond acceptors (Lipinski definition) is 5. The first-order valence-corrected chi connectivity index (χ1v) is 10.7. The molecule has 166 valence electrons. The number of likely N-dealkylation sites (N-methyl/N-ethyl adjacent to an activating group) is 1. The zero-order valence-corrected chi connectivity index (χ0v) is 18.8. The van der Waals surface area contributed by atoms with E-state index in [0.29, 0.717) is 29.2 Å². The zero-order chi connectivity index (χ0) is 22.5. The van der Waals surface area contributed by atoms with Gasteiger partial charge in [-0.1, -0.05) is 0 Å². The van der Waals surface area contributed by atoms with E-state index in [1.165, 1.54) is 0 Å². The molecule has 0 saturated heterocycles. The van der Waals surface area contributed by atoms with Crippen molar-refractivity contribution in [1.29, 1.82) is 0 Å². The molecule has 5 rings (SSSR count). The van der Waals surface area contributed by atoms with E-state index < -0.39 is 0 Å². The molecule has 0 amide bonds. The van der Waals surface area contributed by atoms with Crippen molar-refractivity contribution in [3.8, 4) is 11.5 Å². The van der Waals surface area contributed by atoms with Gasteiger partial charge in [-0.15, -0.1) is 0 Å². The third-order valence-corrected chi connectivity index (χ3v) is 6.44. The first-order chi connectivity index (χ1) is 15.4. The molecular weight excluding hydrogens is 407 g/mol. The van der Waals surface area contributed by atoms with Crippen molar-refractivity contribution in [2.75, 3.05) is 33.1 Å². The molecule has 32 heavy (non-hydrogen) atoms. The van der Waals surface area contributed by atoms with Crippen LogP contribution in [0.3, 0.4) is 0 Å². The van der Waals surface area contributed by atoms with Crippen LogP contribution in [0.1, 0.15) is 18.5 Å². The minimum absolute atomic E-state index is 0.101. The highest BCUT2D eigenvalue weighted by molar-refractivity contribution is 5.96. The highest BCUT2D eigenvalue weighted by Crippen LogP contribution is 2.42. The Labute approximate surface area is 186 Å². The lowest BCUT2D eigenvalue weighted by atomic mass is 10.1. The van der Waals surface area contributed by atoms with Crippen LogP contribution in [0.15, 0.2) is 42.6 Å². The van der Waals surface area contributed by atoms with Crippen LogP contribution < -0.4 is 14.8 Å². The summed E-state index contributed by atoms with van der Waals surface area (Å²) in [6, 6.07) is 11.0. The highest BCUT2D eigenvalue weighted by atomic mass is 19.1. The van der Waals surface area contributed by atoms with Gasteiger partial charge in [-0.3, -0.25) is 4.98 Å². The second-order valence-corrected chi connectivity index (χ2v) is 8.75. The average molecular weight is 435 g/mol. The number of nitrogens with zero attached hydrogens (tertiary/aromatic N) is 2. The van der Waals surface area contributed by atoms with Gasteiger partial charge in [0.1, 0.15) is 6.61 Å². The molecule has 1 aliphatic rings. The molecule has 0 radical (unpaired) electrons. The molecule has 2 N–H and O–H groups in total. The minimum atomic E-state index is -0.290. The first kappa shape index (κ1) is 20.6. The molecular formula is C25H27FN4O2. The Kier molecular flexibility index (Phi) is 4.93. The number of hydrogen-bond donors (Lipinski definition) is 2. The lowest BCUT2D eigenvalue weighted by Gasteiger charge is -2.24. The SMILES string of the molecule is COc1cc2c(Nc3ccc4[nH]c(C)cc4c3F)ccnc2cc1OCC1(N(C)C)CC1. The molecule has 0 spiro atoms. The average Bonchev–Trinajstić information content (AvgIpc) is 3.48. The quantitative estimate of drug-likeness (QED) is 0.408. The number of halogens is 1. The van der Waals surface area contributed by atoms with Gasteiger partial charge >= 0.3 is 0 Å². The molecule has 0 aliphatic heterocycles. The number of aromatic nitrogens is 2. The number of pyridine rings is 1. The summed E-state index contributed by atoms with van der Waals surface area (Å²) in [5, 5.41) is 4.63. The van der Waals surface area contributed by atoms with Crippen LogP contribution >= 0.6 is 0 Å². The van der Waals surface area contributed by atoms with Crippen molar-refractivity contribution in [3.05, 3.63) is 54.1 Å². The van der Waals surface area contributed by atoms with Crippen molar-refractivity contribution < 1.29 is 13.9 Å². The Morgan fingerprint density at radius 1 is 1.09 bits per heavy atom. The van der Waals surface area contributed by atoms with Crippen molar-refractivity contribution in [2.24, 2.45) is 0 Å². The lowest BCUT2D eigenvalue weighted by Crippen LogP contribution is -2.35. The topological polar surface area (TPSA) is 62.4 Å². The third kappa shape index (κ3) is 3.52. The van der Waals surface area contributed by atoms with Gasteiger partial charge in [0.15, 0.2) is 17.3 Å². The van der Waals surface area contributed by atoms with Gasteiger partial charge in [0.2, 0.25) is 0 Å². The summed E-state index contributed by atoms with van der Waals surface area (Å²) < 4.78 is 26.9. The predicted molar refractivity (Wildman–Crippen MR) is 126 cm³/mol. The summed E-state index contributed by atoms with van der Waals surface area (Å²) in [5.74, 6) is 0.996. The van der Waals surface area contributed by atoms with Gasteiger partial charge in [0, 0.05) is 39.9 Å². The summed E-state index contributed by atoms with van der Waals surface area (Å²) in [6.07, 6.45) is 3.96. The number of fused-ring (bicyclic) bond motifs is 2. The van der Waals surface area contributed by atoms with Gasteiger partial charge in [-0.05, 0) is 64.2 Å². The summed E-state index contributed by atoms with van der Waals surface area (Å²) in [7, 11) is 5.79. The molecule has 2 aromatic carbocycles. The normalized spacial score (nSPS) is 14.8. The third-order valence-electron chi connectivity index (χ3n) is 6.44. The van der Waals surface area contributed by atoms with Gasteiger partial charge in [0.05, 0.1) is 23.9 Å². The van der Waals surface area contributed by atoms with Crippen molar-refractivity contribution in [2.45, 2.75) is 25.3 Å². The van der Waals surface area contributed by atoms with Crippen molar-refractivity contribution >= 4 is 33.2 Å². The molecule has 1 fully saturated rings. The maximum atomic E-state index is 15.1. The molecule has 1 aliphatic carbocycles. The molecule has 0 bridgehead atoms. The number of aromatic amines is 1. The molecule has 1 saturated carbocycles. The smallest absolute Gasteiger partial charge is 0.163 e. The van der Waals surface area contributed by atoms with Crippen molar-refractivity contribution in [1.82, 2.24) is 14.9 Å². The van der Waals surface area contributed by atoms with Crippen molar-refractivity contribution in [3.63, 3.8) is 0 Å². The number of rotatable bonds is 7. The molecule has 6 nitrogen and oxygen atoms in total. The molecule has 7 heteroatoms. The maximum Gasteiger partial charge on any atom is 0.163 e. The van der Waals surface area contributed by atoms with Gasteiger partial charge in [0.25, 0.3) is 0 Å². The van der Waals surface area contributed by atoms with Gasteiger partial charge < -0.3 is 24.7 Å². The van der Waals surface area contributed by atoms with Crippen LogP contribution in [0.4, 0.5) is 15.8 Å². The molecule has 2 heterocycles. The Morgan fingerprint density at radius 3 is 2.62 bits per heavy atom. The number of benzene rings is 2. The number of aryl methyl sites for hydroxylation is 1. The second kappa shape index (κ2) is 7.67. The number of H-pyrrole nitrogens is 1. The lowest BCUT2D eigenvalue weighted by molar-refractivity contribution is 0.164. The fourth-order valence-electron chi connectivity index (χ4n) is 4.16. The maximum absolute atomic E-state index is 15.1. The number of ether oxygens (including phenoxy) is 2. The first-order valence-electron chi connectivity index (χ1n) is 10.7. The van der Waals surface area contributed by atoms with E-state index in [4.69, 9.17) is 9.47 Å². The van der Waals surface area contributed by atoms with E-state index >= 15 is 4.39 Å². The fraction of sp³-hybridized carbons (Fsp3) is 0.320. The Morgan fingerprint density at radius 2 is 1.91 bits per heavy atom. The number of methoxy groups -OCH3 is 1. The van der Waals surface area contributed by atoms with E-state index in [2.05, 4.69) is 34.3 Å². The summed E-state index contributed by atoms with van der Waals surface area (Å²) in [6.45, 7) is 2.51. The van der Waals surface area contributed by atoms with E-state index in [1.54, 1.807) is 19.4 Å². The predicted octanol–water partition coefficient (Wildman–Crippen LogP) is 5.39. The van der Waals surface area contributed by atoms with E-state index in [-0.39, 0.29) is 11.4 Å². The largest absolute Gasteiger partial charge is 0.493 e. The molecule has 0 unspecified atom stereocenters. The van der Waals surface area contributed by atoms with Crippen LogP contribution in [0, 0.1) is 12.7 Å². The Bertz CT molecular complexity index is 1310. The van der Waals surface area contributed by atoms with Gasteiger partial charge in [-0.2, -0.15) is 0 Å². The monoisotopic (exact) mass is 434 g/mol. The molecule has 0 atom stereocenters. The standard InChI is InChI=1S/C25H27FN4O2/c1-15-11-17-18(28-15)5-6-20(24(17)26)29-19-7-10-27-21-13-23(22(31-4)12-16(19)21)32-14-25(8-9-25)30(2)3/h5-7,10-13,28H,8-9,14H2,1-4H3,(H,27,29). The Hall–Kier alpha value is -3.32. The van der Waals surface area contributed by atoms with Crippen LogP contribution in [0.2, 0.25) is 0 Å². The fourth-order valence-corrected chi connectivity index (χ4v) is 4.16. The summed E-state index contributed by atoms with van der Waals surface area (Å²) >= 11 is 0. The number of nitrogens with one attached hydrogen (secondary N) is 2. The molecule has 4 aromatic rings. The summed E-state index contributed by atoms with van der Waals surface area (Å²) in [5.41, 5.74) is 3.70. The highest BCUT2D eigenvalue weighted by Gasteiger charge is 2.45. The Balaban J connectivity index is 1.49. The van der Waals surface area contributed by atoms with E-state index in [9.17, 15) is 0 Å². The van der Waals surface area contributed by atoms with Crippen LogP contribution in [0.25, 0.3) is 21.8 Å². The zero-order valence-electron chi connectivity index (χ0n) is 18.8. The minimum Gasteiger partial charge on any atom is -0.493 e. The van der Waals surface area contributed by atoms with Crippen LogP contribution in [0.5, 0.6) is 11.5 Å².